The van der Waals surface area contributed by atoms with Crippen LogP contribution in [0.2, 0.25) is 0 Å². The Morgan fingerprint density at radius 3 is 2.40 bits per heavy atom. The number of aromatic nitrogens is 2. The van der Waals surface area contributed by atoms with Crippen LogP contribution in [-0.2, 0) is 0 Å². The molecule has 1 aromatic rings. The molecule has 0 saturated heterocycles. The van der Waals surface area contributed by atoms with Crippen molar-refractivity contribution in [1.29, 1.82) is 0 Å². The predicted molar refractivity (Wildman–Crippen MR) is 43.2 cm³/mol. The standard InChI is InChI=1S/C6H9N3.ClH/c1-4-3-8-6(7)9-5(4)2;/h3H,1-2H3,(H2,7,8,9);1H. The van der Waals surface area contributed by atoms with Crippen molar-refractivity contribution in [2.45, 2.75) is 13.8 Å². The van der Waals surface area contributed by atoms with E-state index in [0.717, 1.165) is 11.3 Å². The van der Waals surface area contributed by atoms with Crippen LogP contribution in [0.1, 0.15) is 11.3 Å². The van der Waals surface area contributed by atoms with E-state index in [1.807, 2.05) is 13.8 Å². The van der Waals surface area contributed by atoms with Crippen LogP contribution in [0.4, 0.5) is 5.95 Å². The van der Waals surface area contributed by atoms with Gasteiger partial charge in [-0.05, 0) is 19.4 Å². The Hall–Kier alpha value is -0.830. The maximum absolute atomic E-state index is 5.31. The largest absolute Gasteiger partial charge is 0.368 e. The summed E-state index contributed by atoms with van der Waals surface area (Å²) in [5.74, 6) is 0.345. The fourth-order valence-corrected chi connectivity index (χ4v) is 0.545. The summed E-state index contributed by atoms with van der Waals surface area (Å²) in [5, 5.41) is 0. The fraction of sp³-hybridized carbons (Fsp3) is 0.333. The molecule has 10 heavy (non-hydrogen) atoms. The quantitative estimate of drug-likeness (QED) is 0.617. The molecule has 4 heteroatoms. The van der Waals surface area contributed by atoms with Gasteiger partial charge in [-0.1, -0.05) is 0 Å². The fourth-order valence-electron chi connectivity index (χ4n) is 0.545. The Kier molecular flexibility index (Phi) is 3.09. The van der Waals surface area contributed by atoms with Crippen molar-refractivity contribution >= 4 is 18.4 Å². The van der Waals surface area contributed by atoms with Gasteiger partial charge in [-0.2, -0.15) is 0 Å². The van der Waals surface area contributed by atoms with Crippen LogP contribution in [0.25, 0.3) is 0 Å². The zero-order valence-electron chi connectivity index (χ0n) is 5.96. The molecule has 1 rings (SSSR count). The second-order valence-electron chi connectivity index (χ2n) is 2.00. The molecule has 0 aliphatic rings. The number of halogens is 1. The maximum atomic E-state index is 5.31. The lowest BCUT2D eigenvalue weighted by Crippen LogP contribution is -1.97. The number of aryl methyl sites for hydroxylation is 2. The van der Waals surface area contributed by atoms with Crippen molar-refractivity contribution in [3.63, 3.8) is 0 Å². The summed E-state index contributed by atoms with van der Waals surface area (Å²) in [4.78, 5) is 7.75. The third-order valence-electron chi connectivity index (χ3n) is 1.24. The third kappa shape index (κ3) is 1.84. The van der Waals surface area contributed by atoms with Crippen LogP contribution in [-0.4, -0.2) is 9.97 Å². The SMILES string of the molecule is Cc1cnc(N)nc1C.Cl. The van der Waals surface area contributed by atoms with Gasteiger partial charge in [-0.15, -0.1) is 12.4 Å². The minimum absolute atomic E-state index is 0. The molecule has 0 amide bonds. The second-order valence-corrected chi connectivity index (χ2v) is 2.00. The number of hydrogen-bond donors (Lipinski definition) is 1. The molecule has 0 aliphatic heterocycles. The van der Waals surface area contributed by atoms with Crippen molar-refractivity contribution in [2.75, 3.05) is 5.73 Å². The van der Waals surface area contributed by atoms with Crippen LogP contribution in [0.5, 0.6) is 0 Å². The molecule has 0 bridgehead atoms. The molecule has 0 unspecified atom stereocenters. The minimum atomic E-state index is 0. The van der Waals surface area contributed by atoms with Gasteiger partial charge in [0.25, 0.3) is 0 Å². The summed E-state index contributed by atoms with van der Waals surface area (Å²) < 4.78 is 0. The van der Waals surface area contributed by atoms with Crippen LogP contribution in [0.3, 0.4) is 0 Å². The van der Waals surface area contributed by atoms with E-state index >= 15 is 0 Å². The number of anilines is 1. The van der Waals surface area contributed by atoms with Crippen LogP contribution in [0.15, 0.2) is 6.20 Å². The molecule has 0 atom stereocenters. The topological polar surface area (TPSA) is 51.8 Å². The number of nitrogens with two attached hydrogens (primary N) is 1. The summed E-state index contributed by atoms with van der Waals surface area (Å²) >= 11 is 0. The van der Waals surface area contributed by atoms with E-state index in [0.29, 0.717) is 5.95 Å². The van der Waals surface area contributed by atoms with E-state index in [9.17, 15) is 0 Å². The van der Waals surface area contributed by atoms with E-state index < -0.39 is 0 Å². The van der Waals surface area contributed by atoms with Crippen LogP contribution in [0, 0.1) is 13.8 Å². The molecule has 0 spiro atoms. The Morgan fingerprint density at radius 1 is 1.40 bits per heavy atom. The lowest BCUT2D eigenvalue weighted by atomic mass is 10.3. The van der Waals surface area contributed by atoms with Crippen LogP contribution < -0.4 is 5.73 Å². The minimum Gasteiger partial charge on any atom is -0.368 e. The lowest BCUT2D eigenvalue weighted by molar-refractivity contribution is 1.08. The van der Waals surface area contributed by atoms with Gasteiger partial charge in [0.05, 0.1) is 0 Å². The third-order valence-corrected chi connectivity index (χ3v) is 1.24. The van der Waals surface area contributed by atoms with E-state index in [1.165, 1.54) is 0 Å². The summed E-state index contributed by atoms with van der Waals surface area (Å²) in [6.45, 7) is 3.86. The summed E-state index contributed by atoms with van der Waals surface area (Å²) in [6, 6.07) is 0. The zero-order valence-corrected chi connectivity index (χ0v) is 6.77. The monoisotopic (exact) mass is 159 g/mol. The van der Waals surface area contributed by atoms with Gasteiger partial charge in [-0.25, -0.2) is 9.97 Å². The molecule has 3 nitrogen and oxygen atoms in total. The Balaban J connectivity index is 0.000000810. The van der Waals surface area contributed by atoms with Gasteiger partial charge in [0.1, 0.15) is 0 Å². The van der Waals surface area contributed by atoms with Crippen molar-refractivity contribution in [2.24, 2.45) is 0 Å². The molecule has 0 saturated carbocycles. The first-order valence-electron chi connectivity index (χ1n) is 2.76. The molecule has 1 heterocycles. The second kappa shape index (κ2) is 3.37. The number of hydrogen-bond acceptors (Lipinski definition) is 3. The lowest BCUT2D eigenvalue weighted by Gasteiger charge is -1.96. The molecule has 0 radical (unpaired) electrons. The highest BCUT2D eigenvalue weighted by molar-refractivity contribution is 5.85. The smallest absolute Gasteiger partial charge is 0.220 e. The van der Waals surface area contributed by atoms with E-state index in [1.54, 1.807) is 6.20 Å². The van der Waals surface area contributed by atoms with E-state index in [4.69, 9.17) is 5.73 Å². The molecule has 0 fully saturated rings. The number of nitrogens with zero attached hydrogens (tertiary/aromatic N) is 2. The number of rotatable bonds is 0. The first-order chi connectivity index (χ1) is 4.20. The molecule has 1 aromatic heterocycles. The zero-order chi connectivity index (χ0) is 6.85. The molecular weight excluding hydrogens is 150 g/mol. The highest BCUT2D eigenvalue weighted by Crippen LogP contribution is 2.00. The first kappa shape index (κ1) is 9.17. The summed E-state index contributed by atoms with van der Waals surface area (Å²) in [5.41, 5.74) is 7.33. The Bertz CT molecular complexity index is 224. The van der Waals surface area contributed by atoms with E-state index in [-0.39, 0.29) is 12.4 Å². The van der Waals surface area contributed by atoms with Gasteiger partial charge in [0.2, 0.25) is 5.95 Å². The predicted octanol–water partition coefficient (Wildman–Crippen LogP) is 1.10. The van der Waals surface area contributed by atoms with Crippen LogP contribution >= 0.6 is 12.4 Å². The van der Waals surface area contributed by atoms with Gasteiger partial charge in [-0.3, -0.25) is 0 Å². The average molecular weight is 160 g/mol. The van der Waals surface area contributed by atoms with Gasteiger partial charge < -0.3 is 5.73 Å². The molecular formula is C6H10ClN3. The summed E-state index contributed by atoms with van der Waals surface area (Å²) in [6.07, 6.45) is 1.72. The van der Waals surface area contributed by atoms with Gasteiger partial charge in [0.15, 0.2) is 0 Å². The molecule has 56 valence electrons. The maximum Gasteiger partial charge on any atom is 0.220 e. The Labute approximate surface area is 66.1 Å². The van der Waals surface area contributed by atoms with Crippen molar-refractivity contribution in [3.05, 3.63) is 17.5 Å². The van der Waals surface area contributed by atoms with Gasteiger partial charge >= 0.3 is 0 Å². The highest BCUT2D eigenvalue weighted by Gasteiger charge is 1.92. The summed E-state index contributed by atoms with van der Waals surface area (Å²) in [7, 11) is 0. The highest BCUT2D eigenvalue weighted by atomic mass is 35.5. The van der Waals surface area contributed by atoms with Crippen molar-refractivity contribution in [1.82, 2.24) is 9.97 Å². The normalized spacial score (nSPS) is 8.60. The van der Waals surface area contributed by atoms with Crippen molar-refractivity contribution < 1.29 is 0 Å². The Morgan fingerprint density at radius 2 is 2.00 bits per heavy atom. The molecule has 0 aromatic carbocycles. The number of nitrogen functional groups attached to an aromatic ring is 1. The average Bonchev–Trinajstić information content (AvgIpc) is 1.80. The van der Waals surface area contributed by atoms with Gasteiger partial charge in [0, 0.05) is 11.9 Å². The first-order valence-corrected chi connectivity index (χ1v) is 2.76. The van der Waals surface area contributed by atoms with E-state index in [2.05, 4.69) is 9.97 Å². The van der Waals surface area contributed by atoms with Crippen molar-refractivity contribution in [3.8, 4) is 0 Å². The molecule has 0 aliphatic carbocycles. The molecule has 2 N–H and O–H groups in total.